The zero-order valence-electron chi connectivity index (χ0n) is 15.7. The molecule has 1 unspecified atom stereocenters. The molecule has 0 aromatic heterocycles. The Morgan fingerprint density at radius 1 is 1.42 bits per heavy atom. The highest BCUT2D eigenvalue weighted by atomic mass is 79.9. The van der Waals surface area contributed by atoms with Gasteiger partial charge in [-0.25, -0.2) is 4.99 Å². The number of methoxy groups -OCH3 is 1. The Bertz CT molecular complexity index is 623. The third-order valence-corrected chi connectivity index (χ3v) is 4.86. The Kier molecular flexibility index (Phi) is 8.18. The molecule has 2 N–H and O–H groups in total. The van der Waals surface area contributed by atoms with Crippen LogP contribution in [0.4, 0.5) is 5.69 Å². The van der Waals surface area contributed by atoms with Crippen molar-refractivity contribution < 1.29 is 9.53 Å². The van der Waals surface area contributed by atoms with Gasteiger partial charge in [-0.3, -0.25) is 4.79 Å². The molecule has 1 atom stereocenters. The predicted octanol–water partition coefficient (Wildman–Crippen LogP) is 1.30. The zero-order valence-corrected chi connectivity index (χ0v) is 17.3. The van der Waals surface area contributed by atoms with Crippen molar-refractivity contribution in [3.63, 3.8) is 0 Å². The number of nitrogens with zero attached hydrogens (tertiary/aromatic N) is 3. The quantitative estimate of drug-likeness (QED) is 0.391. The lowest BCUT2D eigenvalue weighted by Crippen LogP contribution is -2.46. The van der Waals surface area contributed by atoms with Crippen molar-refractivity contribution in [3.05, 3.63) is 28.7 Å². The van der Waals surface area contributed by atoms with E-state index in [2.05, 4.69) is 48.6 Å². The van der Waals surface area contributed by atoms with E-state index in [-0.39, 0.29) is 18.5 Å². The first-order chi connectivity index (χ1) is 12.5. The summed E-state index contributed by atoms with van der Waals surface area (Å²) in [5.41, 5.74) is 1.20. The Balaban J connectivity index is 1.95. The molecule has 1 saturated heterocycles. The molecule has 0 aliphatic carbocycles. The number of para-hydroxylation sites is 1. The van der Waals surface area contributed by atoms with E-state index < -0.39 is 0 Å². The first-order valence-electron chi connectivity index (χ1n) is 8.74. The number of guanidine groups is 1. The molecule has 144 valence electrons. The summed E-state index contributed by atoms with van der Waals surface area (Å²) >= 11 is 3.62. The van der Waals surface area contributed by atoms with Gasteiger partial charge in [-0.05, 0) is 34.5 Å². The second-order valence-corrected chi connectivity index (χ2v) is 7.25. The van der Waals surface area contributed by atoms with Gasteiger partial charge >= 0.3 is 0 Å². The molecule has 1 aliphatic heterocycles. The Morgan fingerprint density at radius 3 is 2.88 bits per heavy atom. The van der Waals surface area contributed by atoms with Gasteiger partial charge in [-0.2, -0.15) is 0 Å². The van der Waals surface area contributed by atoms with Crippen molar-refractivity contribution in [2.24, 2.45) is 4.99 Å². The van der Waals surface area contributed by atoms with Crippen molar-refractivity contribution >= 4 is 33.5 Å². The first kappa shape index (κ1) is 20.5. The van der Waals surface area contributed by atoms with Crippen LogP contribution in [-0.4, -0.2) is 76.8 Å². The lowest BCUT2D eigenvalue weighted by Gasteiger charge is -2.21. The molecule has 26 heavy (non-hydrogen) atoms. The number of nitrogens with one attached hydrogen (secondary N) is 2. The molecule has 1 aromatic carbocycles. The number of rotatable bonds is 7. The van der Waals surface area contributed by atoms with Crippen LogP contribution in [0.5, 0.6) is 0 Å². The molecule has 7 nitrogen and oxygen atoms in total. The fourth-order valence-electron chi connectivity index (χ4n) is 2.71. The van der Waals surface area contributed by atoms with Crippen molar-refractivity contribution in [2.75, 3.05) is 58.9 Å². The van der Waals surface area contributed by atoms with Gasteiger partial charge in [0.05, 0.1) is 12.3 Å². The van der Waals surface area contributed by atoms with E-state index in [1.807, 2.05) is 12.1 Å². The molecule has 8 heteroatoms. The van der Waals surface area contributed by atoms with E-state index in [0.717, 1.165) is 24.0 Å². The molecule has 1 aliphatic rings. The highest BCUT2D eigenvalue weighted by Crippen LogP contribution is 2.28. The second-order valence-electron chi connectivity index (χ2n) is 6.40. The van der Waals surface area contributed by atoms with Gasteiger partial charge in [0, 0.05) is 51.4 Å². The Hall–Kier alpha value is -1.80. The predicted molar refractivity (Wildman–Crippen MR) is 109 cm³/mol. The molecular weight excluding hydrogens is 398 g/mol. The molecule has 1 amide bonds. The van der Waals surface area contributed by atoms with Crippen molar-refractivity contribution in [2.45, 2.75) is 12.5 Å². The monoisotopic (exact) mass is 425 g/mol. The van der Waals surface area contributed by atoms with E-state index in [1.165, 1.54) is 5.69 Å². The molecule has 0 saturated carbocycles. The van der Waals surface area contributed by atoms with Crippen molar-refractivity contribution in [1.82, 2.24) is 15.5 Å². The minimum absolute atomic E-state index is 0.0286. The standard InChI is InChI=1S/C18H28BrN5O2/c1-23(2)17(25)12-21-18(20-9-11-26-3)22-14-8-10-24(13-14)16-7-5-4-6-15(16)19/h4-7,14H,8-13H2,1-3H3,(H2,20,21,22). The number of halogens is 1. The molecule has 0 radical (unpaired) electrons. The second kappa shape index (κ2) is 10.4. The van der Waals surface area contributed by atoms with Crippen molar-refractivity contribution in [3.8, 4) is 0 Å². The molecular formula is C18H28BrN5O2. The van der Waals surface area contributed by atoms with Crippen LogP contribution in [0.1, 0.15) is 6.42 Å². The van der Waals surface area contributed by atoms with E-state index in [4.69, 9.17) is 4.74 Å². The van der Waals surface area contributed by atoms with Gasteiger partial charge < -0.3 is 25.2 Å². The first-order valence-corrected chi connectivity index (χ1v) is 9.54. The topological polar surface area (TPSA) is 69.2 Å². The van der Waals surface area contributed by atoms with Crippen LogP contribution in [0.3, 0.4) is 0 Å². The number of benzene rings is 1. The summed E-state index contributed by atoms with van der Waals surface area (Å²) in [5.74, 6) is 0.621. The van der Waals surface area contributed by atoms with E-state index in [9.17, 15) is 4.79 Å². The van der Waals surface area contributed by atoms with Gasteiger partial charge in [0.15, 0.2) is 5.96 Å². The van der Waals surface area contributed by atoms with Gasteiger partial charge in [-0.1, -0.05) is 12.1 Å². The third kappa shape index (κ3) is 6.17. The maximum atomic E-state index is 11.8. The molecule has 0 bridgehead atoms. The SMILES string of the molecule is COCCNC(=NCC(=O)N(C)C)NC1CCN(c2ccccc2Br)C1. The third-order valence-electron chi connectivity index (χ3n) is 4.19. The number of aliphatic imine (C=N–C) groups is 1. The normalized spacial score (nSPS) is 17.3. The van der Waals surface area contributed by atoms with Crippen LogP contribution in [0.15, 0.2) is 33.7 Å². The maximum absolute atomic E-state index is 11.8. The average Bonchev–Trinajstić information content (AvgIpc) is 3.08. The summed E-state index contributed by atoms with van der Waals surface area (Å²) in [5, 5.41) is 6.67. The minimum atomic E-state index is -0.0286. The summed E-state index contributed by atoms with van der Waals surface area (Å²) in [7, 11) is 5.12. The van der Waals surface area contributed by atoms with Crippen LogP contribution in [0, 0.1) is 0 Å². The summed E-state index contributed by atoms with van der Waals surface area (Å²) in [6, 6.07) is 8.51. The molecule has 1 aromatic rings. The lowest BCUT2D eigenvalue weighted by atomic mass is 10.3. The zero-order chi connectivity index (χ0) is 18.9. The van der Waals surface area contributed by atoms with Gasteiger partial charge in [-0.15, -0.1) is 0 Å². The molecule has 2 rings (SSSR count). The number of hydrogen-bond donors (Lipinski definition) is 2. The summed E-state index contributed by atoms with van der Waals surface area (Å²) in [4.78, 5) is 20.1. The number of anilines is 1. The number of amides is 1. The fourth-order valence-corrected chi connectivity index (χ4v) is 3.25. The fraction of sp³-hybridized carbons (Fsp3) is 0.556. The molecule has 1 heterocycles. The van der Waals surface area contributed by atoms with Gasteiger partial charge in [0.1, 0.15) is 6.54 Å². The number of hydrogen-bond acceptors (Lipinski definition) is 4. The number of carbonyl (C=O) groups is 1. The van der Waals surface area contributed by atoms with Crippen molar-refractivity contribution in [1.29, 1.82) is 0 Å². The summed E-state index contributed by atoms with van der Waals surface area (Å²) in [6.07, 6.45) is 1.01. The highest BCUT2D eigenvalue weighted by Gasteiger charge is 2.24. The lowest BCUT2D eigenvalue weighted by molar-refractivity contribution is -0.127. The van der Waals surface area contributed by atoms with Crippen LogP contribution in [0.2, 0.25) is 0 Å². The van der Waals surface area contributed by atoms with Crippen LogP contribution in [-0.2, 0) is 9.53 Å². The number of carbonyl (C=O) groups excluding carboxylic acids is 1. The number of likely N-dealkylation sites (N-methyl/N-ethyl adjacent to an activating group) is 1. The van der Waals surface area contributed by atoms with E-state index in [0.29, 0.717) is 19.1 Å². The minimum Gasteiger partial charge on any atom is -0.383 e. The molecule has 1 fully saturated rings. The molecule has 0 spiro atoms. The van der Waals surface area contributed by atoms with Crippen LogP contribution < -0.4 is 15.5 Å². The summed E-state index contributed by atoms with van der Waals surface area (Å²) < 4.78 is 6.18. The van der Waals surface area contributed by atoms with E-state index >= 15 is 0 Å². The summed E-state index contributed by atoms with van der Waals surface area (Å²) in [6.45, 7) is 3.20. The largest absolute Gasteiger partial charge is 0.383 e. The Morgan fingerprint density at radius 2 is 2.19 bits per heavy atom. The Labute approximate surface area is 163 Å². The van der Waals surface area contributed by atoms with Crippen LogP contribution in [0.25, 0.3) is 0 Å². The smallest absolute Gasteiger partial charge is 0.243 e. The van der Waals surface area contributed by atoms with E-state index in [1.54, 1.807) is 26.1 Å². The number of ether oxygens (including phenoxy) is 1. The average molecular weight is 426 g/mol. The highest BCUT2D eigenvalue weighted by molar-refractivity contribution is 9.10. The van der Waals surface area contributed by atoms with Crippen LogP contribution >= 0.6 is 15.9 Å². The maximum Gasteiger partial charge on any atom is 0.243 e. The van der Waals surface area contributed by atoms with Gasteiger partial charge in [0.2, 0.25) is 5.91 Å². The van der Waals surface area contributed by atoms with Gasteiger partial charge in [0.25, 0.3) is 0 Å².